The van der Waals surface area contributed by atoms with Crippen molar-refractivity contribution in [3.05, 3.63) is 35.5 Å². The van der Waals surface area contributed by atoms with Crippen LogP contribution in [0.3, 0.4) is 0 Å². The predicted octanol–water partition coefficient (Wildman–Crippen LogP) is 5.33. The Morgan fingerprint density at radius 3 is 2.66 bits per heavy atom. The van der Waals surface area contributed by atoms with E-state index in [0.29, 0.717) is 37.2 Å². The van der Waals surface area contributed by atoms with Crippen molar-refractivity contribution >= 4 is 0 Å². The Morgan fingerprint density at radius 1 is 1.22 bits per heavy atom. The lowest BCUT2D eigenvalue weighted by atomic mass is 9.60. The molecule has 32 heavy (non-hydrogen) atoms. The van der Waals surface area contributed by atoms with Gasteiger partial charge in [-0.05, 0) is 94.1 Å². The van der Waals surface area contributed by atoms with Crippen LogP contribution in [0.1, 0.15) is 85.5 Å². The van der Waals surface area contributed by atoms with Gasteiger partial charge < -0.3 is 20.1 Å². The van der Waals surface area contributed by atoms with Crippen LogP contribution in [0.5, 0.6) is 0 Å². The van der Waals surface area contributed by atoms with Crippen molar-refractivity contribution in [2.75, 3.05) is 13.2 Å². The fourth-order valence-electron chi connectivity index (χ4n) is 6.70. The van der Waals surface area contributed by atoms with Gasteiger partial charge in [0.2, 0.25) is 0 Å². The van der Waals surface area contributed by atoms with Crippen LogP contribution in [0.4, 0.5) is 0 Å². The van der Waals surface area contributed by atoms with Gasteiger partial charge in [0.05, 0.1) is 24.4 Å². The number of hydrogen-bond acceptors (Lipinski definition) is 4. The maximum Gasteiger partial charge on any atom is 0.0811 e. The van der Waals surface area contributed by atoms with Crippen molar-refractivity contribution in [2.45, 2.75) is 103 Å². The number of rotatable bonds is 8. The van der Waals surface area contributed by atoms with Gasteiger partial charge in [-0.25, -0.2) is 0 Å². The molecule has 4 nitrogen and oxygen atoms in total. The summed E-state index contributed by atoms with van der Waals surface area (Å²) >= 11 is 0. The van der Waals surface area contributed by atoms with Crippen LogP contribution >= 0.6 is 0 Å². The maximum absolute atomic E-state index is 10.2. The molecule has 3 rings (SSSR count). The molecule has 3 N–H and O–H groups in total. The quantitative estimate of drug-likeness (QED) is 0.441. The van der Waals surface area contributed by atoms with E-state index < -0.39 is 17.8 Å². The molecular weight excluding hydrogens is 400 g/mol. The third-order valence-corrected chi connectivity index (χ3v) is 8.27. The first kappa shape index (κ1) is 25.7. The number of aliphatic hydroxyl groups excluding tert-OH is 2. The lowest BCUT2D eigenvalue weighted by Crippen LogP contribution is -2.42. The lowest BCUT2D eigenvalue weighted by molar-refractivity contribution is -0.0329. The van der Waals surface area contributed by atoms with Crippen molar-refractivity contribution in [1.29, 1.82) is 0 Å². The first-order valence-electron chi connectivity index (χ1n) is 12.8. The van der Waals surface area contributed by atoms with Gasteiger partial charge in [-0.1, -0.05) is 38.2 Å². The molecule has 0 aliphatic heterocycles. The van der Waals surface area contributed by atoms with Gasteiger partial charge in [-0.15, -0.1) is 0 Å². The molecule has 0 aromatic rings. The van der Waals surface area contributed by atoms with Crippen LogP contribution in [0.25, 0.3) is 0 Å². The summed E-state index contributed by atoms with van der Waals surface area (Å²) in [6.45, 7) is 14.0. The summed E-state index contributed by atoms with van der Waals surface area (Å²) in [6.07, 6.45) is 11.9. The van der Waals surface area contributed by atoms with Crippen molar-refractivity contribution in [2.24, 2.45) is 23.2 Å². The highest BCUT2D eigenvalue weighted by Gasteiger charge is 2.53. The third-order valence-electron chi connectivity index (χ3n) is 8.27. The molecule has 4 heteroatoms. The summed E-state index contributed by atoms with van der Waals surface area (Å²) in [6, 6.07) is 0. The molecule has 3 aliphatic rings. The largest absolute Gasteiger partial charge is 0.393 e. The topological polar surface area (TPSA) is 69.9 Å². The molecule has 0 heterocycles. The molecule has 0 radical (unpaired) electrons. The van der Waals surface area contributed by atoms with Crippen molar-refractivity contribution in [3.8, 4) is 0 Å². The van der Waals surface area contributed by atoms with E-state index >= 15 is 0 Å². The molecule has 0 unspecified atom stereocenters. The lowest BCUT2D eigenvalue weighted by Gasteiger charge is -2.46. The van der Waals surface area contributed by atoms with Crippen LogP contribution in [-0.4, -0.2) is 46.3 Å². The summed E-state index contributed by atoms with van der Waals surface area (Å²) in [5.74, 6) is 1.86. The maximum atomic E-state index is 10.2. The highest BCUT2D eigenvalue weighted by Crippen LogP contribution is 2.59. The van der Waals surface area contributed by atoms with E-state index in [2.05, 4.69) is 32.6 Å². The summed E-state index contributed by atoms with van der Waals surface area (Å²) < 4.78 is 6.31. The SMILES string of the molecule is C=C1/C(=C/C=C2\CCC[C@]3(COCCCC(C)(C)O)[C@@H](C(C)C)CC[C@@H]23)C[C@@H](O)C[C@@H]1O. The molecule has 0 saturated heterocycles. The minimum Gasteiger partial charge on any atom is -0.393 e. The van der Waals surface area contributed by atoms with Gasteiger partial charge in [-0.2, -0.15) is 0 Å². The molecule has 0 amide bonds. The number of fused-ring (bicyclic) bond motifs is 1. The number of allylic oxidation sites excluding steroid dienone is 3. The molecule has 3 fully saturated rings. The Labute approximate surface area is 195 Å². The van der Waals surface area contributed by atoms with E-state index in [1.54, 1.807) is 0 Å². The monoisotopic (exact) mass is 446 g/mol. The van der Waals surface area contributed by atoms with Crippen molar-refractivity contribution < 1.29 is 20.1 Å². The normalized spacial score (nSPS) is 36.3. The highest BCUT2D eigenvalue weighted by atomic mass is 16.5. The minimum atomic E-state index is -0.636. The molecule has 5 atom stereocenters. The van der Waals surface area contributed by atoms with Gasteiger partial charge in [0.25, 0.3) is 0 Å². The summed E-state index contributed by atoms with van der Waals surface area (Å²) in [7, 11) is 0. The van der Waals surface area contributed by atoms with E-state index in [9.17, 15) is 15.3 Å². The summed E-state index contributed by atoms with van der Waals surface area (Å²) in [5, 5.41) is 30.2. The van der Waals surface area contributed by atoms with Gasteiger partial charge in [0.1, 0.15) is 0 Å². The van der Waals surface area contributed by atoms with Crippen LogP contribution in [0, 0.1) is 23.2 Å². The molecular formula is C28H46O4. The molecule has 3 saturated carbocycles. The first-order chi connectivity index (χ1) is 15.0. The standard InChI is InChI=1S/C28H46O4/c1-19(2)24-11-12-25-21(9-10-22-16-23(29)17-26(30)20(22)3)8-6-14-28(24,25)18-32-15-7-13-27(4,5)31/h9-10,19,23-26,29-31H,3,6-8,11-18H2,1-2,4-5H3/b21-9+,22-10+/t23-,24-,25+,26+,28+/m1/s1. The van der Waals surface area contributed by atoms with Crippen LogP contribution in [-0.2, 0) is 4.74 Å². The fraction of sp³-hybridized carbons (Fsp3) is 0.786. The van der Waals surface area contributed by atoms with Crippen molar-refractivity contribution in [1.82, 2.24) is 0 Å². The molecule has 0 aromatic carbocycles. The molecule has 182 valence electrons. The summed E-state index contributed by atoms with van der Waals surface area (Å²) in [5.41, 5.74) is 2.83. The zero-order valence-electron chi connectivity index (χ0n) is 20.8. The Hall–Kier alpha value is -0.940. The Morgan fingerprint density at radius 2 is 1.97 bits per heavy atom. The summed E-state index contributed by atoms with van der Waals surface area (Å²) in [4.78, 5) is 0. The second kappa shape index (κ2) is 10.5. The first-order valence-corrected chi connectivity index (χ1v) is 12.8. The number of aliphatic hydroxyl groups is 3. The fourth-order valence-corrected chi connectivity index (χ4v) is 6.70. The van der Waals surface area contributed by atoms with E-state index in [1.807, 2.05) is 13.8 Å². The van der Waals surface area contributed by atoms with Gasteiger partial charge >= 0.3 is 0 Å². The van der Waals surface area contributed by atoms with E-state index in [4.69, 9.17) is 4.74 Å². The number of ether oxygens (including phenoxy) is 1. The number of hydrogen-bond donors (Lipinski definition) is 3. The highest BCUT2D eigenvalue weighted by molar-refractivity contribution is 5.38. The molecule has 3 aliphatic carbocycles. The zero-order chi connectivity index (χ0) is 23.5. The second-order valence-electron chi connectivity index (χ2n) is 11.6. The van der Waals surface area contributed by atoms with E-state index in [0.717, 1.165) is 37.0 Å². The van der Waals surface area contributed by atoms with Gasteiger partial charge in [-0.3, -0.25) is 0 Å². The average Bonchev–Trinajstić information content (AvgIpc) is 3.08. The smallest absolute Gasteiger partial charge is 0.0811 e. The Balaban J connectivity index is 1.76. The van der Waals surface area contributed by atoms with Crippen LogP contribution < -0.4 is 0 Å². The Bertz CT molecular complexity index is 713. The van der Waals surface area contributed by atoms with E-state index in [-0.39, 0.29) is 5.41 Å². The third kappa shape index (κ3) is 5.94. The van der Waals surface area contributed by atoms with Crippen LogP contribution in [0.2, 0.25) is 0 Å². The predicted molar refractivity (Wildman–Crippen MR) is 130 cm³/mol. The Kier molecular flexibility index (Phi) is 8.46. The molecule has 0 aromatic heterocycles. The molecule has 0 bridgehead atoms. The average molecular weight is 447 g/mol. The second-order valence-corrected chi connectivity index (χ2v) is 11.6. The van der Waals surface area contributed by atoms with Crippen molar-refractivity contribution in [3.63, 3.8) is 0 Å². The van der Waals surface area contributed by atoms with Gasteiger partial charge in [0.15, 0.2) is 0 Å². The minimum absolute atomic E-state index is 0.202. The molecule has 0 spiro atoms. The van der Waals surface area contributed by atoms with Crippen LogP contribution in [0.15, 0.2) is 35.5 Å². The van der Waals surface area contributed by atoms with Gasteiger partial charge in [0, 0.05) is 18.4 Å². The zero-order valence-corrected chi connectivity index (χ0v) is 20.8. The van der Waals surface area contributed by atoms with E-state index in [1.165, 1.54) is 31.3 Å².